The number of rotatable bonds is 9. The molecule has 1 aromatic carbocycles. The van der Waals surface area contributed by atoms with E-state index < -0.39 is 5.60 Å². The molecular formula is C19H31NO3. The summed E-state index contributed by atoms with van der Waals surface area (Å²) in [5.41, 5.74) is 0.219. The number of ether oxygens (including phenoxy) is 2. The highest BCUT2D eigenvalue weighted by atomic mass is 16.5. The molecule has 1 saturated heterocycles. The Balaban J connectivity index is 1.91. The van der Waals surface area contributed by atoms with E-state index in [1.807, 2.05) is 31.2 Å². The lowest BCUT2D eigenvalue weighted by Crippen LogP contribution is -2.39. The zero-order valence-corrected chi connectivity index (χ0v) is 14.6. The Morgan fingerprint density at radius 3 is 2.48 bits per heavy atom. The first-order valence-corrected chi connectivity index (χ1v) is 8.94. The summed E-state index contributed by atoms with van der Waals surface area (Å²) >= 11 is 0. The van der Waals surface area contributed by atoms with Gasteiger partial charge in [0.25, 0.3) is 0 Å². The highest BCUT2D eigenvalue weighted by molar-refractivity contribution is 5.31. The third-order valence-corrected chi connectivity index (χ3v) is 4.69. The molecule has 0 radical (unpaired) electrons. The second-order valence-corrected chi connectivity index (χ2v) is 6.32. The van der Waals surface area contributed by atoms with Gasteiger partial charge in [-0.25, -0.2) is 0 Å². The molecule has 23 heavy (non-hydrogen) atoms. The Hall–Kier alpha value is -1.10. The predicted octanol–water partition coefficient (Wildman–Crippen LogP) is 3.19. The fraction of sp³-hybridized carbons (Fsp3) is 0.684. The summed E-state index contributed by atoms with van der Waals surface area (Å²) in [6.07, 6.45) is 3.67. The summed E-state index contributed by atoms with van der Waals surface area (Å²) in [6, 6.07) is 7.95. The van der Waals surface area contributed by atoms with Gasteiger partial charge in [-0.3, -0.25) is 4.90 Å². The van der Waals surface area contributed by atoms with Crippen molar-refractivity contribution in [2.75, 3.05) is 39.5 Å². The van der Waals surface area contributed by atoms with Gasteiger partial charge in [-0.1, -0.05) is 32.4 Å². The van der Waals surface area contributed by atoms with Crippen LogP contribution >= 0.6 is 0 Å². The van der Waals surface area contributed by atoms with E-state index in [-0.39, 0.29) is 0 Å². The van der Waals surface area contributed by atoms with E-state index in [9.17, 15) is 5.11 Å². The Morgan fingerprint density at radius 2 is 1.87 bits per heavy atom. The molecule has 1 aromatic rings. The van der Waals surface area contributed by atoms with Crippen molar-refractivity contribution in [1.82, 2.24) is 4.90 Å². The normalized spacial score (nSPS) is 18.6. The van der Waals surface area contributed by atoms with Crippen LogP contribution in [0.5, 0.6) is 5.75 Å². The zero-order valence-electron chi connectivity index (χ0n) is 14.6. The van der Waals surface area contributed by atoms with E-state index in [1.54, 1.807) is 0 Å². The summed E-state index contributed by atoms with van der Waals surface area (Å²) in [4.78, 5) is 2.37. The maximum Gasteiger partial charge on any atom is 0.119 e. The number of hydrogen-bond donors (Lipinski definition) is 1. The lowest BCUT2D eigenvalue weighted by atomic mass is 9.87. The van der Waals surface area contributed by atoms with Gasteiger partial charge in [-0.15, -0.1) is 0 Å². The van der Waals surface area contributed by atoms with Crippen molar-refractivity contribution in [2.24, 2.45) is 0 Å². The van der Waals surface area contributed by atoms with E-state index in [4.69, 9.17) is 9.47 Å². The Morgan fingerprint density at radius 1 is 1.17 bits per heavy atom. The minimum absolute atomic E-state index is 0.716. The van der Waals surface area contributed by atoms with E-state index in [1.165, 1.54) is 0 Å². The standard InChI is InChI=1S/C19H31NO3/c1-3-5-14-23-18-8-6-17(7-9-18)19(21,4-2)10-11-20-12-15-22-16-13-20/h6-9,21H,3-5,10-16H2,1-2H3/t19-/m1/s1. The number of unbranched alkanes of at least 4 members (excludes halogenated alkanes) is 1. The largest absolute Gasteiger partial charge is 0.494 e. The molecule has 4 nitrogen and oxygen atoms in total. The molecule has 1 fully saturated rings. The molecule has 4 heteroatoms. The van der Waals surface area contributed by atoms with Crippen LogP contribution in [0, 0.1) is 0 Å². The molecule has 1 aliphatic rings. The van der Waals surface area contributed by atoms with Gasteiger partial charge in [0.1, 0.15) is 5.75 Å². The van der Waals surface area contributed by atoms with E-state index >= 15 is 0 Å². The van der Waals surface area contributed by atoms with Crippen LogP contribution in [0.3, 0.4) is 0 Å². The van der Waals surface area contributed by atoms with Gasteiger partial charge in [-0.2, -0.15) is 0 Å². The van der Waals surface area contributed by atoms with Crippen molar-refractivity contribution in [3.05, 3.63) is 29.8 Å². The molecule has 0 amide bonds. The Kier molecular flexibility index (Phi) is 7.34. The summed E-state index contributed by atoms with van der Waals surface area (Å²) in [5, 5.41) is 11.0. The number of nitrogens with zero attached hydrogens (tertiary/aromatic N) is 1. The summed E-state index contributed by atoms with van der Waals surface area (Å²) in [6.45, 7) is 9.39. The average Bonchev–Trinajstić information content (AvgIpc) is 2.61. The smallest absolute Gasteiger partial charge is 0.119 e. The maximum absolute atomic E-state index is 11.0. The van der Waals surface area contributed by atoms with Crippen LogP contribution in [0.1, 0.15) is 45.1 Å². The molecule has 2 rings (SSSR count). The molecule has 1 N–H and O–H groups in total. The number of hydrogen-bond acceptors (Lipinski definition) is 4. The fourth-order valence-corrected chi connectivity index (χ4v) is 2.89. The third-order valence-electron chi connectivity index (χ3n) is 4.69. The number of benzene rings is 1. The van der Waals surface area contributed by atoms with Gasteiger partial charge in [0, 0.05) is 19.6 Å². The molecule has 1 aliphatic heterocycles. The Labute approximate surface area is 140 Å². The number of morpholine rings is 1. The van der Waals surface area contributed by atoms with Crippen molar-refractivity contribution in [2.45, 2.75) is 45.1 Å². The quantitative estimate of drug-likeness (QED) is 0.709. The van der Waals surface area contributed by atoms with Crippen molar-refractivity contribution in [1.29, 1.82) is 0 Å². The van der Waals surface area contributed by atoms with E-state index in [2.05, 4.69) is 11.8 Å². The molecule has 0 bridgehead atoms. The van der Waals surface area contributed by atoms with E-state index in [0.29, 0.717) is 6.42 Å². The van der Waals surface area contributed by atoms with Crippen LogP contribution in [-0.2, 0) is 10.3 Å². The van der Waals surface area contributed by atoms with Gasteiger partial charge in [0.05, 0.1) is 25.4 Å². The minimum atomic E-state index is -0.764. The molecule has 0 saturated carbocycles. The first kappa shape index (κ1) is 18.2. The number of aliphatic hydroxyl groups is 1. The first-order chi connectivity index (χ1) is 11.2. The topological polar surface area (TPSA) is 41.9 Å². The van der Waals surface area contributed by atoms with Crippen LogP contribution in [0.2, 0.25) is 0 Å². The summed E-state index contributed by atoms with van der Waals surface area (Å²) in [7, 11) is 0. The molecule has 1 heterocycles. The van der Waals surface area contributed by atoms with Gasteiger partial charge in [0.15, 0.2) is 0 Å². The Bertz CT molecular complexity index is 442. The second kappa shape index (κ2) is 9.26. The molecule has 0 spiro atoms. The van der Waals surface area contributed by atoms with Gasteiger partial charge in [-0.05, 0) is 37.0 Å². The zero-order chi connectivity index (χ0) is 16.5. The minimum Gasteiger partial charge on any atom is -0.494 e. The van der Waals surface area contributed by atoms with Gasteiger partial charge < -0.3 is 14.6 Å². The van der Waals surface area contributed by atoms with Crippen molar-refractivity contribution < 1.29 is 14.6 Å². The van der Waals surface area contributed by atoms with Crippen LogP contribution in [0.15, 0.2) is 24.3 Å². The molecular weight excluding hydrogens is 290 g/mol. The monoisotopic (exact) mass is 321 g/mol. The van der Waals surface area contributed by atoms with Gasteiger partial charge >= 0.3 is 0 Å². The third kappa shape index (κ3) is 5.48. The van der Waals surface area contributed by atoms with Crippen LogP contribution < -0.4 is 4.74 Å². The lowest BCUT2D eigenvalue weighted by molar-refractivity contribution is -0.00695. The van der Waals surface area contributed by atoms with Crippen molar-refractivity contribution in [3.8, 4) is 5.75 Å². The van der Waals surface area contributed by atoms with E-state index in [0.717, 1.165) is 70.0 Å². The maximum atomic E-state index is 11.0. The van der Waals surface area contributed by atoms with Gasteiger partial charge in [0.2, 0.25) is 0 Å². The highest BCUT2D eigenvalue weighted by Gasteiger charge is 2.28. The molecule has 1 atom stereocenters. The predicted molar refractivity (Wildman–Crippen MR) is 92.9 cm³/mol. The fourth-order valence-electron chi connectivity index (χ4n) is 2.89. The van der Waals surface area contributed by atoms with Crippen molar-refractivity contribution in [3.63, 3.8) is 0 Å². The molecule has 0 unspecified atom stereocenters. The summed E-state index contributed by atoms with van der Waals surface area (Å²) in [5.74, 6) is 0.883. The first-order valence-electron chi connectivity index (χ1n) is 8.94. The SMILES string of the molecule is CCCCOc1ccc([C@@](O)(CC)CCN2CCOCC2)cc1. The second-order valence-electron chi connectivity index (χ2n) is 6.32. The summed E-state index contributed by atoms with van der Waals surface area (Å²) < 4.78 is 11.1. The molecule has 0 aromatic heterocycles. The van der Waals surface area contributed by atoms with Crippen LogP contribution in [0.4, 0.5) is 0 Å². The molecule has 130 valence electrons. The average molecular weight is 321 g/mol. The van der Waals surface area contributed by atoms with Crippen molar-refractivity contribution >= 4 is 0 Å². The lowest BCUT2D eigenvalue weighted by Gasteiger charge is -2.32. The van der Waals surface area contributed by atoms with Crippen LogP contribution in [-0.4, -0.2) is 49.5 Å². The highest BCUT2D eigenvalue weighted by Crippen LogP contribution is 2.30. The molecule has 0 aliphatic carbocycles. The van der Waals surface area contributed by atoms with Crippen LogP contribution in [0.25, 0.3) is 0 Å².